The molecule has 3 nitrogen and oxygen atoms in total. The van der Waals surface area contributed by atoms with Gasteiger partial charge in [0, 0.05) is 9.13 Å². The number of amides is 1. The highest BCUT2D eigenvalue weighted by atomic mass is 127. The Kier molecular flexibility index (Phi) is 5.68. The van der Waals surface area contributed by atoms with Crippen molar-refractivity contribution in [2.24, 2.45) is 0 Å². The molecular formula is C13H11ClFIN2O. The number of anilines is 1. The molecular weight excluding hydrogens is 382 g/mol. The normalized spacial score (nSPS) is 9.63. The SMILES string of the molecule is Cc1nc(NC(=O)c2ccc(F)cc2)ccc1I.Cl. The van der Waals surface area contributed by atoms with E-state index < -0.39 is 0 Å². The molecule has 0 aliphatic rings. The summed E-state index contributed by atoms with van der Waals surface area (Å²) in [5.74, 6) is -0.180. The number of nitrogens with one attached hydrogen (secondary N) is 1. The summed E-state index contributed by atoms with van der Waals surface area (Å²) in [6.07, 6.45) is 0. The van der Waals surface area contributed by atoms with E-state index in [2.05, 4.69) is 32.9 Å². The second-order valence-corrected chi connectivity index (χ2v) is 4.89. The van der Waals surface area contributed by atoms with E-state index in [0.29, 0.717) is 11.4 Å². The van der Waals surface area contributed by atoms with Crippen molar-refractivity contribution >= 4 is 46.7 Å². The van der Waals surface area contributed by atoms with E-state index in [4.69, 9.17) is 0 Å². The van der Waals surface area contributed by atoms with E-state index in [0.717, 1.165) is 9.26 Å². The van der Waals surface area contributed by atoms with Crippen molar-refractivity contribution < 1.29 is 9.18 Å². The van der Waals surface area contributed by atoms with Crippen LogP contribution in [0.4, 0.5) is 10.2 Å². The molecule has 0 aliphatic heterocycles. The predicted octanol–water partition coefficient (Wildman–Crippen LogP) is 3.81. The number of aryl methyl sites for hydroxylation is 1. The van der Waals surface area contributed by atoms with Crippen LogP contribution in [0.2, 0.25) is 0 Å². The number of pyridine rings is 1. The number of benzene rings is 1. The first-order valence-electron chi connectivity index (χ1n) is 5.26. The molecule has 0 spiro atoms. The minimum absolute atomic E-state index is 0. The molecule has 2 rings (SSSR count). The highest BCUT2D eigenvalue weighted by molar-refractivity contribution is 14.1. The van der Waals surface area contributed by atoms with Gasteiger partial charge in [-0.15, -0.1) is 12.4 Å². The maximum atomic E-state index is 12.7. The first-order valence-corrected chi connectivity index (χ1v) is 6.34. The van der Waals surface area contributed by atoms with Crippen LogP contribution in [0.25, 0.3) is 0 Å². The van der Waals surface area contributed by atoms with E-state index in [1.165, 1.54) is 24.3 Å². The van der Waals surface area contributed by atoms with Gasteiger partial charge in [-0.25, -0.2) is 9.37 Å². The molecule has 0 unspecified atom stereocenters. The number of nitrogens with zero attached hydrogens (tertiary/aromatic N) is 1. The topological polar surface area (TPSA) is 42.0 Å². The Morgan fingerprint density at radius 2 is 1.84 bits per heavy atom. The molecule has 0 atom stereocenters. The first kappa shape index (κ1) is 15.8. The van der Waals surface area contributed by atoms with Crippen LogP contribution < -0.4 is 5.32 Å². The average molecular weight is 393 g/mol. The molecule has 0 saturated carbocycles. The zero-order chi connectivity index (χ0) is 13.1. The molecule has 1 aromatic carbocycles. The summed E-state index contributed by atoms with van der Waals surface area (Å²) >= 11 is 2.17. The third-order valence-electron chi connectivity index (χ3n) is 2.37. The van der Waals surface area contributed by atoms with Gasteiger partial charge in [-0.2, -0.15) is 0 Å². The molecule has 1 aromatic heterocycles. The van der Waals surface area contributed by atoms with Gasteiger partial charge in [-0.1, -0.05) is 0 Å². The van der Waals surface area contributed by atoms with E-state index >= 15 is 0 Å². The molecule has 6 heteroatoms. The number of hydrogen-bond acceptors (Lipinski definition) is 2. The Labute approximate surface area is 130 Å². The molecule has 1 amide bonds. The van der Waals surface area contributed by atoms with E-state index in [-0.39, 0.29) is 24.1 Å². The van der Waals surface area contributed by atoms with E-state index in [1.807, 2.05) is 13.0 Å². The standard InChI is InChI=1S/C13H10FIN2O.ClH/c1-8-11(15)6-7-12(16-8)17-13(18)9-2-4-10(14)5-3-9;/h2-7H,1H3,(H,16,17,18);1H. The van der Waals surface area contributed by atoms with Crippen molar-refractivity contribution in [2.45, 2.75) is 6.92 Å². The van der Waals surface area contributed by atoms with Gasteiger partial charge in [0.15, 0.2) is 0 Å². The number of carbonyl (C=O) groups is 1. The van der Waals surface area contributed by atoms with Crippen molar-refractivity contribution in [3.8, 4) is 0 Å². The largest absolute Gasteiger partial charge is 0.307 e. The van der Waals surface area contributed by atoms with Crippen LogP contribution in [0.5, 0.6) is 0 Å². The summed E-state index contributed by atoms with van der Waals surface area (Å²) in [6, 6.07) is 8.98. The highest BCUT2D eigenvalue weighted by Crippen LogP contribution is 2.13. The maximum Gasteiger partial charge on any atom is 0.256 e. The van der Waals surface area contributed by atoms with Crippen molar-refractivity contribution in [3.05, 3.63) is 57.0 Å². The van der Waals surface area contributed by atoms with Crippen LogP contribution in [0, 0.1) is 16.3 Å². The molecule has 0 saturated heterocycles. The molecule has 0 radical (unpaired) electrons. The lowest BCUT2D eigenvalue weighted by Crippen LogP contribution is -2.13. The number of halogens is 3. The van der Waals surface area contributed by atoms with Crippen LogP contribution >= 0.6 is 35.0 Å². The van der Waals surface area contributed by atoms with Gasteiger partial charge < -0.3 is 5.32 Å². The van der Waals surface area contributed by atoms with Crippen LogP contribution in [0.1, 0.15) is 16.1 Å². The Morgan fingerprint density at radius 3 is 2.42 bits per heavy atom. The van der Waals surface area contributed by atoms with Crippen molar-refractivity contribution in [1.82, 2.24) is 4.98 Å². The fourth-order valence-corrected chi connectivity index (χ4v) is 1.70. The van der Waals surface area contributed by atoms with Crippen molar-refractivity contribution in [1.29, 1.82) is 0 Å². The van der Waals surface area contributed by atoms with Gasteiger partial charge in [0.2, 0.25) is 0 Å². The Morgan fingerprint density at radius 1 is 1.21 bits per heavy atom. The van der Waals surface area contributed by atoms with E-state index in [1.54, 1.807) is 6.07 Å². The molecule has 0 aliphatic carbocycles. The lowest BCUT2D eigenvalue weighted by molar-refractivity contribution is 0.102. The summed E-state index contributed by atoms with van der Waals surface area (Å²) in [6.45, 7) is 1.87. The fraction of sp³-hybridized carbons (Fsp3) is 0.0769. The maximum absolute atomic E-state index is 12.7. The van der Waals surface area contributed by atoms with Crippen molar-refractivity contribution in [2.75, 3.05) is 5.32 Å². The summed E-state index contributed by atoms with van der Waals surface area (Å²) in [5, 5.41) is 2.67. The molecule has 19 heavy (non-hydrogen) atoms. The van der Waals surface area contributed by atoms with Gasteiger partial charge in [0.25, 0.3) is 5.91 Å². The Bertz CT molecular complexity index is 590. The lowest BCUT2D eigenvalue weighted by Gasteiger charge is -2.06. The number of carbonyl (C=O) groups excluding carboxylic acids is 1. The Hall–Kier alpha value is -1.21. The molecule has 0 fully saturated rings. The van der Waals surface area contributed by atoms with Crippen molar-refractivity contribution in [3.63, 3.8) is 0 Å². The average Bonchev–Trinajstić information content (AvgIpc) is 2.34. The molecule has 2 aromatic rings. The van der Waals surface area contributed by atoms with Gasteiger partial charge >= 0.3 is 0 Å². The minimum Gasteiger partial charge on any atom is -0.307 e. The van der Waals surface area contributed by atoms with Crippen LogP contribution in [0.3, 0.4) is 0 Å². The smallest absolute Gasteiger partial charge is 0.256 e. The van der Waals surface area contributed by atoms with Gasteiger partial charge in [0.05, 0.1) is 5.69 Å². The first-order chi connectivity index (χ1) is 8.56. The molecule has 1 heterocycles. The number of aromatic nitrogens is 1. The highest BCUT2D eigenvalue weighted by Gasteiger charge is 2.07. The predicted molar refractivity (Wildman–Crippen MR) is 83.3 cm³/mol. The summed E-state index contributed by atoms with van der Waals surface area (Å²) < 4.78 is 13.8. The summed E-state index contributed by atoms with van der Waals surface area (Å²) in [5.41, 5.74) is 1.25. The monoisotopic (exact) mass is 392 g/mol. The zero-order valence-corrected chi connectivity index (χ0v) is 13.0. The van der Waals surface area contributed by atoms with Gasteiger partial charge in [0.1, 0.15) is 11.6 Å². The second-order valence-electron chi connectivity index (χ2n) is 3.72. The van der Waals surface area contributed by atoms with Gasteiger partial charge in [-0.3, -0.25) is 4.79 Å². The number of rotatable bonds is 2. The minimum atomic E-state index is -0.366. The molecule has 1 N–H and O–H groups in total. The van der Waals surface area contributed by atoms with E-state index in [9.17, 15) is 9.18 Å². The molecule has 100 valence electrons. The zero-order valence-electron chi connectivity index (χ0n) is 9.98. The quantitative estimate of drug-likeness (QED) is 0.790. The third-order valence-corrected chi connectivity index (χ3v) is 3.51. The summed E-state index contributed by atoms with van der Waals surface area (Å²) in [7, 11) is 0. The molecule has 0 bridgehead atoms. The van der Waals surface area contributed by atoms with Crippen LogP contribution in [-0.4, -0.2) is 10.9 Å². The number of hydrogen-bond donors (Lipinski definition) is 1. The van der Waals surface area contributed by atoms with Crippen LogP contribution in [-0.2, 0) is 0 Å². The lowest BCUT2D eigenvalue weighted by atomic mass is 10.2. The summed E-state index contributed by atoms with van der Waals surface area (Å²) in [4.78, 5) is 16.1. The van der Waals surface area contributed by atoms with Crippen LogP contribution in [0.15, 0.2) is 36.4 Å². The fourth-order valence-electron chi connectivity index (χ4n) is 1.40. The second kappa shape index (κ2) is 6.81. The Balaban J connectivity index is 0.00000180. The van der Waals surface area contributed by atoms with Gasteiger partial charge in [-0.05, 0) is 65.9 Å². The third kappa shape index (κ3) is 4.14.